The molecule has 1 amide bonds. The van der Waals surface area contributed by atoms with Crippen molar-refractivity contribution in [3.63, 3.8) is 0 Å². The van der Waals surface area contributed by atoms with E-state index >= 15 is 4.79 Å². The molecule has 8 rings (SSSR count). The topological polar surface area (TPSA) is 176 Å². The Kier molecular flexibility index (Phi) is 14.0. The normalized spacial score (nSPS) is 34.7. The average Bonchev–Trinajstić information content (AvgIpc) is 3.20. The summed E-state index contributed by atoms with van der Waals surface area (Å²) in [6.45, 7) is 5.20. The summed E-state index contributed by atoms with van der Waals surface area (Å²) < 4.78 is 19.4. The van der Waals surface area contributed by atoms with Gasteiger partial charge in [-0.15, -0.1) is 0 Å². The molecule has 1 aromatic carbocycles. The number of ether oxygens (including phenoxy) is 3. The van der Waals surface area contributed by atoms with Crippen molar-refractivity contribution >= 4 is 39.4 Å². The molecular formula is C44H65N3O9S2. The van der Waals surface area contributed by atoms with Crippen LogP contribution in [-0.4, -0.2) is 106 Å². The van der Waals surface area contributed by atoms with Crippen LogP contribution in [0.25, 0.3) is 0 Å². The second-order valence-electron chi connectivity index (χ2n) is 18.3. The van der Waals surface area contributed by atoms with Crippen LogP contribution in [0.5, 0.6) is 11.5 Å². The number of phenolic OH excluding ortho intramolecular Hbond substituents is 1. The van der Waals surface area contributed by atoms with Gasteiger partial charge in [0.05, 0.1) is 23.6 Å². The Hall–Kier alpha value is -2.49. The SMILES string of the molecule is CN[C@H]1[C@H](O)[C@H]2C=C[C@@H]1SSC[C@@](C)(O)CCC([C@H](C[C@@H](OC(=O)[C@@]13CCCC[C@@H]1CCC(=O)N3)C1(Cc3ccc(O)c4c3CCCO4)CCNCC1)OC(C)=O)C2. The predicted octanol–water partition coefficient (Wildman–Crippen LogP) is 5.14. The number of fused-ring (bicyclic) bond motifs is 10. The van der Waals surface area contributed by atoms with E-state index < -0.39 is 46.8 Å². The lowest BCUT2D eigenvalue weighted by Crippen LogP contribution is -2.65. The number of hydrogen-bond acceptors (Lipinski definition) is 13. The van der Waals surface area contributed by atoms with E-state index in [1.165, 1.54) is 6.92 Å². The summed E-state index contributed by atoms with van der Waals surface area (Å²) in [7, 11) is 5.13. The first-order chi connectivity index (χ1) is 27.8. The fraction of sp³-hybridized carbons (Fsp3) is 0.750. The molecule has 1 aromatic rings. The largest absolute Gasteiger partial charge is 0.504 e. The highest BCUT2D eigenvalue weighted by Gasteiger charge is 2.54. The molecule has 12 nitrogen and oxygen atoms in total. The highest BCUT2D eigenvalue weighted by molar-refractivity contribution is 8.77. The molecule has 10 atom stereocenters. The second-order valence-corrected chi connectivity index (χ2v) is 20.8. The maximum Gasteiger partial charge on any atom is 0.332 e. The number of aliphatic hydroxyl groups is 2. The number of likely N-dealkylation sites (N-methyl/N-ethyl adjacent to an activating group) is 1. The van der Waals surface area contributed by atoms with Gasteiger partial charge >= 0.3 is 11.9 Å². The van der Waals surface area contributed by atoms with Crippen LogP contribution in [0.2, 0.25) is 0 Å². The Bertz CT molecular complexity index is 1670. The number of benzene rings is 1. The number of rotatable bonds is 10. The van der Waals surface area contributed by atoms with Crippen molar-refractivity contribution in [2.45, 2.75) is 151 Å². The zero-order chi connectivity index (χ0) is 41.1. The molecule has 1 saturated carbocycles. The molecule has 6 N–H and O–H groups in total. The number of phenols is 1. The zero-order valence-corrected chi connectivity index (χ0v) is 36.1. The van der Waals surface area contributed by atoms with E-state index in [1.54, 1.807) is 27.7 Å². The van der Waals surface area contributed by atoms with Gasteiger partial charge in [-0.1, -0.05) is 52.6 Å². The molecule has 4 fully saturated rings. The van der Waals surface area contributed by atoms with Crippen LogP contribution in [0, 0.1) is 23.2 Å². The summed E-state index contributed by atoms with van der Waals surface area (Å²) >= 11 is 0. The first kappa shape index (κ1) is 43.6. The Morgan fingerprint density at radius 1 is 1.05 bits per heavy atom. The third-order valence-corrected chi connectivity index (χ3v) is 17.2. The minimum Gasteiger partial charge on any atom is -0.504 e. The Morgan fingerprint density at radius 3 is 2.64 bits per heavy atom. The number of hydrogen-bond donors (Lipinski definition) is 6. The van der Waals surface area contributed by atoms with Gasteiger partial charge in [0.15, 0.2) is 11.5 Å². The number of aliphatic hydroxyl groups excluding tert-OH is 1. The molecule has 0 spiro atoms. The summed E-state index contributed by atoms with van der Waals surface area (Å²) in [5.41, 5.74) is -0.674. The number of piperidine rings is 2. The van der Waals surface area contributed by atoms with Gasteiger partial charge in [0.25, 0.3) is 0 Å². The fourth-order valence-corrected chi connectivity index (χ4v) is 14.1. The first-order valence-electron chi connectivity index (χ1n) is 21.7. The summed E-state index contributed by atoms with van der Waals surface area (Å²) in [5.74, 6) is -0.380. The van der Waals surface area contributed by atoms with Crippen molar-refractivity contribution in [2.24, 2.45) is 23.2 Å². The van der Waals surface area contributed by atoms with Crippen LogP contribution in [0.1, 0.15) is 108 Å². The molecule has 2 bridgehead atoms. The monoisotopic (exact) mass is 843 g/mol. The van der Waals surface area contributed by atoms with Gasteiger partial charge in [0.2, 0.25) is 5.91 Å². The summed E-state index contributed by atoms with van der Waals surface area (Å²) in [6, 6.07) is 3.46. The molecule has 14 heteroatoms. The van der Waals surface area contributed by atoms with Crippen molar-refractivity contribution in [3.8, 4) is 11.5 Å². The molecule has 0 aromatic heterocycles. The molecule has 5 aliphatic heterocycles. The zero-order valence-electron chi connectivity index (χ0n) is 34.5. The maximum atomic E-state index is 15.1. The van der Waals surface area contributed by atoms with Crippen molar-refractivity contribution in [1.29, 1.82) is 0 Å². The smallest absolute Gasteiger partial charge is 0.332 e. The minimum absolute atomic E-state index is 0.0158. The molecule has 0 radical (unpaired) electrons. The maximum absolute atomic E-state index is 15.1. The van der Waals surface area contributed by atoms with Crippen molar-refractivity contribution in [1.82, 2.24) is 16.0 Å². The molecule has 2 aliphatic carbocycles. The van der Waals surface area contributed by atoms with Crippen LogP contribution < -0.4 is 20.7 Å². The average molecular weight is 844 g/mol. The van der Waals surface area contributed by atoms with Crippen LogP contribution >= 0.6 is 21.6 Å². The van der Waals surface area contributed by atoms with Gasteiger partial charge in [-0.25, -0.2) is 4.79 Å². The van der Waals surface area contributed by atoms with Gasteiger partial charge in [0.1, 0.15) is 17.7 Å². The number of aromatic hydroxyl groups is 1. The van der Waals surface area contributed by atoms with Crippen molar-refractivity contribution < 1.29 is 43.9 Å². The highest BCUT2D eigenvalue weighted by atomic mass is 33.1. The van der Waals surface area contributed by atoms with Crippen LogP contribution in [0.15, 0.2) is 24.3 Å². The predicted molar refractivity (Wildman–Crippen MR) is 226 cm³/mol. The van der Waals surface area contributed by atoms with E-state index in [1.807, 2.05) is 20.0 Å². The van der Waals surface area contributed by atoms with Crippen LogP contribution in [0.4, 0.5) is 0 Å². The van der Waals surface area contributed by atoms with E-state index in [4.69, 9.17) is 14.2 Å². The van der Waals surface area contributed by atoms with Gasteiger partial charge in [-0.05, 0) is 121 Å². The van der Waals surface area contributed by atoms with Crippen molar-refractivity contribution in [3.05, 3.63) is 35.4 Å². The van der Waals surface area contributed by atoms with E-state index in [0.29, 0.717) is 89.0 Å². The first-order valence-corrected chi connectivity index (χ1v) is 24.1. The van der Waals surface area contributed by atoms with E-state index in [0.717, 1.165) is 43.2 Å². The second kappa shape index (κ2) is 18.6. The lowest BCUT2D eigenvalue weighted by Gasteiger charge is -2.49. The van der Waals surface area contributed by atoms with Crippen LogP contribution in [0.3, 0.4) is 0 Å². The number of esters is 2. The minimum atomic E-state index is -1.11. The number of carbonyl (C=O) groups excluding carboxylic acids is 3. The Balaban J connectivity index is 1.30. The third-order valence-electron chi connectivity index (χ3n) is 14.3. The Labute approximate surface area is 351 Å². The Morgan fingerprint density at radius 2 is 1.86 bits per heavy atom. The quantitative estimate of drug-likeness (QED) is 0.104. The van der Waals surface area contributed by atoms with E-state index in [9.17, 15) is 24.9 Å². The highest BCUT2D eigenvalue weighted by Crippen LogP contribution is 2.48. The summed E-state index contributed by atoms with van der Waals surface area (Å²) in [6.07, 6.45) is 11.6. The molecule has 7 aliphatic rings. The molecule has 5 heterocycles. The standard InChI is InChI=1S/C44H65N3O9S2/c1-27(48)55-34(28-15-17-42(2,53)26-57-58-35-13-10-29(23-28)39(51)38(35)45-3)24-36(56-41(52)44-16-5-4-7-31(44)11-14-37(50)47-44)43(18-20-46-21-19-43)25-30-9-12-33(49)40-32(30)8-6-22-54-40/h9-10,12-13,28-29,31,34-36,38-39,45-46,49,51,53H,4-8,11,14-26H2,1-3H3,(H,47,50)/t28?,29-,31+,34-,35-,36+,38+,39+,42-,44+/m0/s1. The summed E-state index contributed by atoms with van der Waals surface area (Å²) in [4.78, 5) is 41.3. The lowest BCUT2D eigenvalue weighted by molar-refractivity contribution is -0.180. The molecular weight excluding hydrogens is 779 g/mol. The molecule has 1 unspecified atom stereocenters. The van der Waals surface area contributed by atoms with E-state index in [-0.39, 0.29) is 47.1 Å². The lowest BCUT2D eigenvalue weighted by atomic mass is 9.66. The third kappa shape index (κ3) is 9.52. The summed E-state index contributed by atoms with van der Waals surface area (Å²) in [5, 5.41) is 44.3. The number of nitrogens with one attached hydrogen (secondary N) is 3. The number of amides is 1. The van der Waals surface area contributed by atoms with Gasteiger partial charge in [0, 0.05) is 48.5 Å². The van der Waals surface area contributed by atoms with E-state index in [2.05, 4.69) is 28.1 Å². The number of carbonyl (C=O) groups is 3. The molecule has 58 heavy (non-hydrogen) atoms. The van der Waals surface area contributed by atoms with Crippen LogP contribution in [-0.2, 0) is 36.7 Å². The van der Waals surface area contributed by atoms with Gasteiger partial charge < -0.3 is 45.5 Å². The fourth-order valence-electron chi connectivity index (χ4n) is 11.0. The van der Waals surface area contributed by atoms with Crippen molar-refractivity contribution in [2.75, 3.05) is 32.5 Å². The van der Waals surface area contributed by atoms with Gasteiger partial charge in [-0.3, -0.25) is 9.59 Å². The van der Waals surface area contributed by atoms with Gasteiger partial charge in [-0.2, -0.15) is 0 Å². The molecule has 322 valence electrons. The molecule has 3 saturated heterocycles.